The first kappa shape index (κ1) is 17.5. The van der Waals surface area contributed by atoms with Gasteiger partial charge in [0.15, 0.2) is 5.60 Å². The normalized spacial score (nSPS) is 24.5. The Morgan fingerprint density at radius 1 is 0.852 bits per heavy atom. The van der Waals surface area contributed by atoms with E-state index in [-0.39, 0.29) is 18.0 Å². The first-order chi connectivity index (χ1) is 13.3. The highest BCUT2D eigenvalue weighted by molar-refractivity contribution is 5.83. The second-order valence-corrected chi connectivity index (χ2v) is 6.81. The maximum absolute atomic E-state index is 13.1. The van der Waals surface area contributed by atoms with E-state index >= 15 is 0 Å². The highest BCUT2D eigenvalue weighted by atomic mass is 16.6. The number of carbonyl (C=O) groups excluding carboxylic acids is 1. The van der Waals surface area contributed by atoms with Crippen molar-refractivity contribution in [3.8, 4) is 0 Å². The van der Waals surface area contributed by atoms with Crippen LogP contribution in [0.3, 0.4) is 0 Å². The molecule has 0 aromatic heterocycles. The van der Waals surface area contributed by atoms with Crippen LogP contribution in [0.2, 0.25) is 0 Å². The number of hydrogen-bond donors (Lipinski definition) is 0. The minimum Gasteiger partial charge on any atom is -0.467 e. The molecule has 1 fully saturated rings. The maximum Gasteiger partial charge on any atom is 0.343 e. The van der Waals surface area contributed by atoms with Crippen molar-refractivity contribution in [1.82, 2.24) is 0 Å². The summed E-state index contributed by atoms with van der Waals surface area (Å²) in [6.45, 7) is 0. The van der Waals surface area contributed by atoms with E-state index in [0.29, 0.717) is 6.42 Å². The highest BCUT2D eigenvalue weighted by Crippen LogP contribution is 2.55. The number of benzene rings is 3. The van der Waals surface area contributed by atoms with Crippen molar-refractivity contribution in [2.24, 2.45) is 0 Å². The molecule has 1 heterocycles. The molecule has 0 aliphatic carbocycles. The van der Waals surface area contributed by atoms with Crippen LogP contribution in [0.25, 0.3) is 0 Å². The lowest BCUT2D eigenvalue weighted by Gasteiger charge is -2.32. The summed E-state index contributed by atoms with van der Waals surface area (Å²) in [4.78, 5) is 13.1. The molecule has 4 rings (SSSR count). The van der Waals surface area contributed by atoms with Crippen LogP contribution in [0.5, 0.6) is 0 Å². The molecule has 1 aliphatic rings. The predicted octanol–water partition coefficient (Wildman–Crippen LogP) is 5.00. The molecule has 0 saturated carbocycles. The molecule has 3 atom stereocenters. The van der Waals surface area contributed by atoms with E-state index in [1.165, 1.54) is 7.11 Å². The third-order valence-electron chi connectivity index (χ3n) is 5.33. The Bertz CT molecular complexity index is 893. The zero-order valence-corrected chi connectivity index (χ0v) is 15.2. The Balaban J connectivity index is 1.88. The van der Waals surface area contributed by atoms with Crippen LogP contribution in [0.15, 0.2) is 91.0 Å². The Hall–Kier alpha value is -2.91. The van der Waals surface area contributed by atoms with E-state index in [2.05, 4.69) is 12.1 Å². The van der Waals surface area contributed by atoms with Gasteiger partial charge in [0.1, 0.15) is 0 Å². The minimum atomic E-state index is -1.17. The van der Waals surface area contributed by atoms with Gasteiger partial charge in [-0.3, -0.25) is 0 Å². The largest absolute Gasteiger partial charge is 0.467 e. The second-order valence-electron chi connectivity index (χ2n) is 6.81. The van der Waals surface area contributed by atoms with Gasteiger partial charge in [0.25, 0.3) is 0 Å². The van der Waals surface area contributed by atoms with E-state index in [1.54, 1.807) is 0 Å². The molecule has 3 aromatic carbocycles. The molecule has 0 unspecified atom stereocenters. The fraction of sp³-hybridized carbons (Fsp3) is 0.208. The van der Waals surface area contributed by atoms with Crippen LogP contribution in [0.4, 0.5) is 0 Å². The lowest BCUT2D eigenvalue weighted by molar-refractivity contribution is -0.171. The Morgan fingerprint density at radius 2 is 1.37 bits per heavy atom. The zero-order valence-electron chi connectivity index (χ0n) is 15.2. The highest BCUT2D eigenvalue weighted by Gasteiger charge is 2.57. The summed E-state index contributed by atoms with van der Waals surface area (Å²) in [6.07, 6.45) is 0.522. The summed E-state index contributed by atoms with van der Waals surface area (Å²) in [7, 11) is 1.42. The van der Waals surface area contributed by atoms with Gasteiger partial charge in [0.2, 0.25) is 0 Å². The smallest absolute Gasteiger partial charge is 0.343 e. The first-order valence-electron chi connectivity index (χ1n) is 9.17. The maximum atomic E-state index is 13.1. The molecule has 0 radical (unpaired) electrons. The van der Waals surface area contributed by atoms with Crippen LogP contribution in [0.1, 0.15) is 35.1 Å². The molecule has 0 bridgehead atoms. The van der Waals surface area contributed by atoms with Gasteiger partial charge in [-0.1, -0.05) is 91.0 Å². The molecular formula is C24H22O3. The number of rotatable bonds is 4. The van der Waals surface area contributed by atoms with Crippen LogP contribution < -0.4 is 0 Å². The SMILES string of the molecule is COC(=O)[C@]1(c2ccccc2)O[C@@H](c2ccccc2)C[C@H]1c1ccccc1. The van der Waals surface area contributed by atoms with Crippen molar-refractivity contribution in [3.05, 3.63) is 108 Å². The molecule has 136 valence electrons. The van der Waals surface area contributed by atoms with E-state index in [4.69, 9.17) is 9.47 Å². The molecule has 0 N–H and O–H groups in total. The van der Waals surface area contributed by atoms with E-state index in [9.17, 15) is 4.79 Å². The Morgan fingerprint density at radius 3 is 1.93 bits per heavy atom. The lowest BCUT2D eigenvalue weighted by atomic mass is 9.76. The fourth-order valence-electron chi connectivity index (χ4n) is 4.08. The van der Waals surface area contributed by atoms with Crippen molar-refractivity contribution in [2.45, 2.75) is 24.0 Å². The summed E-state index contributed by atoms with van der Waals surface area (Å²) < 4.78 is 11.8. The van der Waals surface area contributed by atoms with Crippen molar-refractivity contribution in [3.63, 3.8) is 0 Å². The average molecular weight is 358 g/mol. The van der Waals surface area contributed by atoms with Gasteiger partial charge < -0.3 is 9.47 Å². The standard InChI is InChI=1S/C24H22O3/c1-26-23(25)24(20-15-9-4-10-16-20)21(18-11-5-2-6-12-18)17-22(27-24)19-13-7-3-8-14-19/h2-16,21-22H,17H2,1H3/t21-,22+,24+/m0/s1. The van der Waals surface area contributed by atoms with Crippen LogP contribution >= 0.6 is 0 Å². The van der Waals surface area contributed by atoms with Gasteiger partial charge in [-0.15, -0.1) is 0 Å². The molecule has 1 saturated heterocycles. The van der Waals surface area contributed by atoms with Crippen LogP contribution in [0, 0.1) is 0 Å². The minimum absolute atomic E-state index is 0.140. The summed E-state index contributed by atoms with van der Waals surface area (Å²) in [6, 6.07) is 29.9. The third-order valence-corrected chi connectivity index (χ3v) is 5.33. The number of esters is 1. The molecule has 0 spiro atoms. The molecule has 27 heavy (non-hydrogen) atoms. The molecule has 0 amide bonds. The van der Waals surface area contributed by atoms with Gasteiger partial charge in [-0.2, -0.15) is 0 Å². The van der Waals surface area contributed by atoms with Crippen molar-refractivity contribution >= 4 is 5.97 Å². The van der Waals surface area contributed by atoms with E-state index in [0.717, 1.165) is 16.7 Å². The summed E-state index contributed by atoms with van der Waals surface area (Å²) in [5.74, 6) is -0.500. The van der Waals surface area contributed by atoms with Crippen LogP contribution in [-0.4, -0.2) is 13.1 Å². The topological polar surface area (TPSA) is 35.5 Å². The van der Waals surface area contributed by atoms with Gasteiger partial charge in [-0.05, 0) is 23.1 Å². The van der Waals surface area contributed by atoms with Gasteiger partial charge >= 0.3 is 5.97 Å². The first-order valence-corrected chi connectivity index (χ1v) is 9.17. The summed E-state index contributed by atoms with van der Waals surface area (Å²) in [5, 5.41) is 0. The lowest BCUT2D eigenvalue weighted by Crippen LogP contribution is -2.41. The van der Waals surface area contributed by atoms with Crippen molar-refractivity contribution in [2.75, 3.05) is 7.11 Å². The monoisotopic (exact) mass is 358 g/mol. The fourth-order valence-corrected chi connectivity index (χ4v) is 4.08. The second kappa shape index (κ2) is 7.37. The predicted molar refractivity (Wildman–Crippen MR) is 104 cm³/mol. The van der Waals surface area contributed by atoms with Crippen LogP contribution in [-0.2, 0) is 19.9 Å². The van der Waals surface area contributed by atoms with Crippen molar-refractivity contribution < 1.29 is 14.3 Å². The quantitative estimate of drug-likeness (QED) is 0.616. The third kappa shape index (κ3) is 3.04. The summed E-state index contributed by atoms with van der Waals surface area (Å²) in [5.41, 5.74) is 1.80. The Kier molecular flexibility index (Phi) is 4.78. The number of ether oxygens (including phenoxy) is 2. The van der Waals surface area contributed by atoms with Gasteiger partial charge in [-0.25, -0.2) is 4.79 Å². The molecular weight excluding hydrogens is 336 g/mol. The number of methoxy groups -OCH3 is 1. The molecule has 3 heteroatoms. The Labute approximate surface area is 159 Å². The van der Waals surface area contributed by atoms with E-state index in [1.807, 2.05) is 78.9 Å². The zero-order chi connectivity index (χ0) is 18.7. The molecule has 3 nitrogen and oxygen atoms in total. The molecule has 1 aliphatic heterocycles. The molecule has 3 aromatic rings. The summed E-state index contributed by atoms with van der Waals surface area (Å²) >= 11 is 0. The van der Waals surface area contributed by atoms with Crippen molar-refractivity contribution in [1.29, 1.82) is 0 Å². The van der Waals surface area contributed by atoms with Gasteiger partial charge in [0, 0.05) is 5.92 Å². The van der Waals surface area contributed by atoms with E-state index < -0.39 is 5.60 Å². The van der Waals surface area contributed by atoms with Gasteiger partial charge in [0.05, 0.1) is 13.2 Å². The average Bonchev–Trinajstić information content (AvgIpc) is 3.17. The number of hydrogen-bond acceptors (Lipinski definition) is 3. The number of carbonyl (C=O) groups is 1.